The van der Waals surface area contributed by atoms with Gasteiger partial charge in [0.25, 0.3) is 5.91 Å². The molecule has 0 spiro atoms. The maximum Gasteiger partial charge on any atom is 0.326 e. The third-order valence-corrected chi connectivity index (χ3v) is 4.22. The highest BCUT2D eigenvalue weighted by atomic mass is 16.4. The van der Waals surface area contributed by atoms with Crippen LogP contribution in [0, 0.1) is 12.8 Å². The number of hydrogen-bond acceptors (Lipinski definition) is 3. The first-order chi connectivity index (χ1) is 11.9. The lowest BCUT2D eigenvalue weighted by molar-refractivity contribution is -0.139. The Balaban J connectivity index is 1.99. The van der Waals surface area contributed by atoms with Crippen LogP contribution in [-0.2, 0) is 4.79 Å². The molecule has 0 saturated heterocycles. The minimum absolute atomic E-state index is 0.159. The highest BCUT2D eigenvalue weighted by molar-refractivity contribution is 6.10. The first-order valence-electron chi connectivity index (χ1n) is 8.28. The van der Waals surface area contributed by atoms with E-state index in [2.05, 4.69) is 15.3 Å². The summed E-state index contributed by atoms with van der Waals surface area (Å²) < 4.78 is 0. The van der Waals surface area contributed by atoms with Gasteiger partial charge in [-0.05, 0) is 31.4 Å². The topological polar surface area (TPSA) is 95.1 Å². The van der Waals surface area contributed by atoms with E-state index in [0.29, 0.717) is 12.1 Å². The number of nitrogens with zero attached hydrogens (tertiary/aromatic N) is 1. The van der Waals surface area contributed by atoms with Crippen molar-refractivity contribution in [2.45, 2.75) is 33.2 Å². The average Bonchev–Trinajstić information content (AvgIpc) is 2.93. The minimum atomic E-state index is -1.04. The van der Waals surface area contributed by atoms with Gasteiger partial charge in [0.1, 0.15) is 11.7 Å². The quantitative estimate of drug-likeness (QED) is 0.665. The number of amides is 1. The van der Waals surface area contributed by atoms with Crippen LogP contribution < -0.4 is 5.32 Å². The van der Waals surface area contributed by atoms with Gasteiger partial charge in [0, 0.05) is 16.3 Å². The number of carboxylic acids is 1. The van der Waals surface area contributed by atoms with E-state index < -0.39 is 17.9 Å². The number of carbonyl (C=O) groups is 2. The monoisotopic (exact) mass is 339 g/mol. The maximum atomic E-state index is 12.5. The van der Waals surface area contributed by atoms with Crippen LogP contribution in [0.3, 0.4) is 0 Å². The zero-order valence-electron chi connectivity index (χ0n) is 14.5. The molecule has 2 aromatic heterocycles. The number of aromatic nitrogens is 2. The lowest BCUT2D eigenvalue weighted by Gasteiger charge is -2.16. The van der Waals surface area contributed by atoms with Crippen molar-refractivity contribution in [2.75, 3.05) is 0 Å². The van der Waals surface area contributed by atoms with Gasteiger partial charge in [-0.1, -0.05) is 32.0 Å². The van der Waals surface area contributed by atoms with Crippen LogP contribution in [0.4, 0.5) is 0 Å². The molecule has 1 unspecified atom stereocenters. The summed E-state index contributed by atoms with van der Waals surface area (Å²) in [5.74, 6) is -1.34. The van der Waals surface area contributed by atoms with Crippen molar-refractivity contribution >= 4 is 33.7 Å². The standard InChI is InChI=1S/C19H21N3O3/c1-10(2)8-16(19(24)25)22-18(23)15-9-13-12-6-4-5-7-14(12)21-17(13)11(3)20-15/h4-7,9-10,16,21H,8H2,1-3H3,(H,22,23)(H,24,25). The van der Waals surface area contributed by atoms with E-state index in [1.54, 1.807) is 6.07 Å². The number of aromatic amines is 1. The van der Waals surface area contributed by atoms with Crippen molar-refractivity contribution in [3.63, 3.8) is 0 Å². The van der Waals surface area contributed by atoms with Crippen molar-refractivity contribution < 1.29 is 14.7 Å². The Morgan fingerprint density at radius 1 is 1.24 bits per heavy atom. The number of para-hydroxylation sites is 1. The molecule has 0 fully saturated rings. The summed E-state index contributed by atoms with van der Waals surface area (Å²) in [5, 5.41) is 13.8. The molecule has 0 aliphatic rings. The largest absolute Gasteiger partial charge is 0.480 e. The first-order valence-corrected chi connectivity index (χ1v) is 8.28. The van der Waals surface area contributed by atoms with Gasteiger partial charge in [-0.25, -0.2) is 9.78 Å². The van der Waals surface area contributed by atoms with Gasteiger partial charge in [0.15, 0.2) is 0 Å². The molecule has 25 heavy (non-hydrogen) atoms. The highest BCUT2D eigenvalue weighted by Gasteiger charge is 2.23. The second kappa shape index (κ2) is 6.55. The predicted octanol–water partition coefficient (Wildman–Crippen LogP) is 3.25. The molecule has 6 nitrogen and oxygen atoms in total. The Kier molecular flexibility index (Phi) is 4.44. The lowest BCUT2D eigenvalue weighted by atomic mass is 10.0. The Labute approximate surface area is 145 Å². The fourth-order valence-corrected chi connectivity index (χ4v) is 3.05. The summed E-state index contributed by atoms with van der Waals surface area (Å²) >= 11 is 0. The molecule has 130 valence electrons. The van der Waals surface area contributed by atoms with E-state index in [1.165, 1.54) is 0 Å². The molecule has 3 rings (SSSR count). The summed E-state index contributed by atoms with van der Waals surface area (Å²) in [5.41, 5.74) is 2.79. The molecule has 6 heteroatoms. The Morgan fingerprint density at radius 2 is 1.96 bits per heavy atom. The molecule has 0 saturated carbocycles. The van der Waals surface area contributed by atoms with Crippen molar-refractivity contribution in [3.8, 4) is 0 Å². The van der Waals surface area contributed by atoms with Gasteiger partial charge in [-0.2, -0.15) is 0 Å². The number of hydrogen-bond donors (Lipinski definition) is 3. The molecule has 0 aliphatic carbocycles. The number of aliphatic carboxylic acids is 1. The number of pyridine rings is 1. The van der Waals surface area contributed by atoms with Crippen LogP contribution in [0.15, 0.2) is 30.3 Å². The number of carbonyl (C=O) groups excluding carboxylic acids is 1. The van der Waals surface area contributed by atoms with E-state index >= 15 is 0 Å². The van der Waals surface area contributed by atoms with Crippen LogP contribution in [0.2, 0.25) is 0 Å². The lowest BCUT2D eigenvalue weighted by Crippen LogP contribution is -2.42. The summed E-state index contributed by atoms with van der Waals surface area (Å²) in [6.07, 6.45) is 0.370. The molecule has 3 N–H and O–H groups in total. The van der Waals surface area contributed by atoms with Gasteiger partial charge in [0.05, 0.1) is 11.2 Å². The van der Waals surface area contributed by atoms with Gasteiger partial charge in [-0.15, -0.1) is 0 Å². The third kappa shape index (κ3) is 3.33. The normalized spacial score (nSPS) is 12.6. The molecule has 1 aromatic carbocycles. The molecular weight excluding hydrogens is 318 g/mol. The first kappa shape index (κ1) is 17.0. The molecule has 0 aliphatic heterocycles. The number of carboxylic acid groups (broad SMARTS) is 1. The van der Waals surface area contributed by atoms with Gasteiger partial charge in [-0.3, -0.25) is 4.79 Å². The van der Waals surface area contributed by atoms with E-state index in [4.69, 9.17) is 0 Å². The van der Waals surface area contributed by atoms with Crippen molar-refractivity contribution in [1.29, 1.82) is 0 Å². The van der Waals surface area contributed by atoms with Crippen LogP contribution in [-0.4, -0.2) is 33.0 Å². The van der Waals surface area contributed by atoms with Gasteiger partial charge >= 0.3 is 5.97 Å². The summed E-state index contributed by atoms with van der Waals surface area (Å²) in [6.45, 7) is 5.67. The van der Waals surface area contributed by atoms with Crippen LogP contribution in [0.25, 0.3) is 21.8 Å². The fourth-order valence-electron chi connectivity index (χ4n) is 3.05. The molecule has 3 aromatic rings. The zero-order chi connectivity index (χ0) is 18.1. The summed E-state index contributed by atoms with van der Waals surface area (Å²) in [6, 6.07) is 8.62. The Bertz CT molecular complexity index is 959. The number of aryl methyl sites for hydroxylation is 1. The maximum absolute atomic E-state index is 12.5. The summed E-state index contributed by atoms with van der Waals surface area (Å²) in [4.78, 5) is 31.6. The number of fused-ring (bicyclic) bond motifs is 3. The SMILES string of the molecule is Cc1nc(C(=O)NC(CC(C)C)C(=O)O)cc2c1[nH]c1ccccc12. The second-order valence-electron chi connectivity index (χ2n) is 6.68. The van der Waals surface area contributed by atoms with Crippen molar-refractivity contribution in [2.24, 2.45) is 5.92 Å². The molecule has 0 bridgehead atoms. The van der Waals surface area contributed by atoms with Crippen molar-refractivity contribution in [3.05, 3.63) is 41.7 Å². The summed E-state index contributed by atoms with van der Waals surface area (Å²) in [7, 11) is 0. The van der Waals surface area contributed by atoms with E-state index in [0.717, 1.165) is 21.8 Å². The second-order valence-corrected chi connectivity index (χ2v) is 6.68. The van der Waals surface area contributed by atoms with E-state index in [-0.39, 0.29) is 11.6 Å². The smallest absolute Gasteiger partial charge is 0.326 e. The third-order valence-electron chi connectivity index (χ3n) is 4.22. The Hall–Kier alpha value is -2.89. The number of nitrogens with one attached hydrogen (secondary N) is 2. The predicted molar refractivity (Wildman–Crippen MR) is 96.7 cm³/mol. The average molecular weight is 339 g/mol. The zero-order valence-corrected chi connectivity index (χ0v) is 14.5. The van der Waals surface area contributed by atoms with Crippen LogP contribution >= 0.6 is 0 Å². The molecular formula is C19H21N3O3. The fraction of sp³-hybridized carbons (Fsp3) is 0.316. The van der Waals surface area contributed by atoms with Gasteiger partial charge in [0.2, 0.25) is 0 Å². The van der Waals surface area contributed by atoms with Crippen molar-refractivity contribution in [1.82, 2.24) is 15.3 Å². The highest BCUT2D eigenvalue weighted by Crippen LogP contribution is 2.27. The number of benzene rings is 1. The molecule has 0 radical (unpaired) electrons. The Morgan fingerprint density at radius 3 is 2.64 bits per heavy atom. The number of rotatable bonds is 5. The molecule has 1 atom stereocenters. The van der Waals surface area contributed by atoms with Crippen LogP contribution in [0.1, 0.15) is 36.5 Å². The van der Waals surface area contributed by atoms with Gasteiger partial charge < -0.3 is 15.4 Å². The molecule has 1 amide bonds. The molecule has 2 heterocycles. The van der Waals surface area contributed by atoms with E-state index in [1.807, 2.05) is 45.0 Å². The van der Waals surface area contributed by atoms with E-state index in [9.17, 15) is 14.7 Å². The minimum Gasteiger partial charge on any atom is -0.480 e. The number of H-pyrrole nitrogens is 1. The van der Waals surface area contributed by atoms with Crippen LogP contribution in [0.5, 0.6) is 0 Å².